The van der Waals surface area contributed by atoms with Gasteiger partial charge in [0.2, 0.25) is 0 Å². The number of amides is 1. The number of carbonyl (C=O) groups excluding carboxylic acids is 1. The first-order valence-corrected chi connectivity index (χ1v) is 10.1. The lowest BCUT2D eigenvalue weighted by molar-refractivity contribution is -0.124. The van der Waals surface area contributed by atoms with Crippen LogP contribution in [0.2, 0.25) is 0 Å². The third-order valence-corrected chi connectivity index (χ3v) is 6.28. The van der Waals surface area contributed by atoms with Crippen LogP contribution in [0.15, 0.2) is 42.5 Å². The number of benzene rings is 2. The minimum atomic E-state index is -0.283. The maximum absolute atomic E-state index is 12.3. The molecule has 0 saturated carbocycles. The van der Waals surface area contributed by atoms with Crippen molar-refractivity contribution in [2.75, 3.05) is 18.5 Å². The molecule has 0 aromatic heterocycles. The molecule has 27 heavy (non-hydrogen) atoms. The minimum Gasteiger partial charge on any atom is -0.368 e. The van der Waals surface area contributed by atoms with Gasteiger partial charge >= 0.3 is 0 Å². The summed E-state index contributed by atoms with van der Waals surface area (Å²) in [6, 6.07) is 15.8. The van der Waals surface area contributed by atoms with Gasteiger partial charge in [0.1, 0.15) is 6.10 Å². The van der Waals surface area contributed by atoms with Crippen LogP contribution < -0.4 is 5.32 Å². The average molecular weight is 362 g/mol. The van der Waals surface area contributed by atoms with Gasteiger partial charge in [-0.25, -0.2) is 0 Å². The highest BCUT2D eigenvalue weighted by atomic mass is 16.5. The predicted molar refractivity (Wildman–Crippen MR) is 106 cm³/mol. The second kappa shape index (κ2) is 7.10. The molecule has 140 valence electrons. The van der Waals surface area contributed by atoms with Crippen molar-refractivity contribution in [2.45, 2.75) is 50.8 Å². The van der Waals surface area contributed by atoms with E-state index in [-0.39, 0.29) is 12.0 Å². The summed E-state index contributed by atoms with van der Waals surface area (Å²) in [7, 11) is 0. The normalized spacial score (nSPS) is 22.4. The van der Waals surface area contributed by atoms with Crippen molar-refractivity contribution in [2.24, 2.45) is 0 Å². The van der Waals surface area contributed by atoms with Crippen molar-refractivity contribution in [1.82, 2.24) is 4.90 Å². The summed E-state index contributed by atoms with van der Waals surface area (Å²) in [5.41, 5.74) is 6.67. The van der Waals surface area contributed by atoms with Gasteiger partial charge in [-0.2, -0.15) is 0 Å². The molecule has 1 atom stereocenters. The van der Waals surface area contributed by atoms with Crippen LogP contribution in [0.4, 0.5) is 5.69 Å². The molecule has 1 saturated heterocycles. The molecular weight excluding hydrogens is 336 g/mol. The fourth-order valence-corrected chi connectivity index (χ4v) is 4.77. The minimum absolute atomic E-state index is 0.00800. The van der Waals surface area contributed by atoms with Crippen LogP contribution in [0.25, 0.3) is 0 Å². The molecule has 4 nitrogen and oxygen atoms in total. The van der Waals surface area contributed by atoms with E-state index in [2.05, 4.69) is 46.6 Å². The Morgan fingerprint density at radius 3 is 2.59 bits per heavy atom. The summed E-state index contributed by atoms with van der Waals surface area (Å²) >= 11 is 0. The molecule has 1 unspecified atom stereocenters. The lowest BCUT2D eigenvalue weighted by atomic mass is 9.97. The predicted octanol–water partition coefficient (Wildman–Crippen LogP) is 3.33. The summed E-state index contributed by atoms with van der Waals surface area (Å²) in [4.78, 5) is 15.0. The average Bonchev–Trinajstić information content (AvgIpc) is 3.37. The molecule has 1 fully saturated rings. The maximum Gasteiger partial charge on any atom is 0.253 e. The molecular formula is C23H26N2O2. The summed E-state index contributed by atoms with van der Waals surface area (Å²) in [5, 5.41) is 3.05. The van der Waals surface area contributed by atoms with Gasteiger partial charge < -0.3 is 10.1 Å². The highest BCUT2D eigenvalue weighted by Gasteiger charge is 2.29. The summed E-state index contributed by atoms with van der Waals surface area (Å²) < 4.78 is 5.49. The highest BCUT2D eigenvalue weighted by Crippen LogP contribution is 2.30. The van der Waals surface area contributed by atoms with Gasteiger partial charge in [-0.15, -0.1) is 0 Å². The number of nitrogens with zero attached hydrogens (tertiary/aromatic N) is 1. The van der Waals surface area contributed by atoms with E-state index in [9.17, 15) is 4.79 Å². The van der Waals surface area contributed by atoms with Crippen LogP contribution in [0.3, 0.4) is 0 Å². The molecule has 1 N–H and O–H groups in total. The standard InChI is InChI=1S/C23H26N2O2/c26-23(22-6-3-11-27-22)24-20-8-7-16-9-10-25(15-19(16)12-20)21-13-17-4-1-2-5-18(17)14-21/h1-2,4-5,7-8,12,21-22H,3,6,9-11,13-15H2,(H,24,26). The quantitative estimate of drug-likeness (QED) is 0.911. The first-order chi connectivity index (χ1) is 13.3. The second-order valence-electron chi connectivity index (χ2n) is 8.03. The van der Waals surface area contributed by atoms with E-state index in [1.54, 1.807) is 0 Å². The summed E-state index contributed by atoms with van der Waals surface area (Å²) in [6.07, 6.45) is 4.91. The Morgan fingerprint density at radius 2 is 1.85 bits per heavy atom. The Labute approximate surface area is 160 Å². The Bertz CT molecular complexity index is 832. The number of fused-ring (bicyclic) bond motifs is 2. The van der Waals surface area contributed by atoms with Crippen LogP contribution in [-0.2, 0) is 35.3 Å². The first kappa shape index (κ1) is 17.0. The van der Waals surface area contributed by atoms with Crippen molar-refractivity contribution >= 4 is 11.6 Å². The van der Waals surface area contributed by atoms with Crippen molar-refractivity contribution in [1.29, 1.82) is 0 Å². The molecule has 0 radical (unpaired) electrons. The van der Waals surface area contributed by atoms with Crippen LogP contribution in [0, 0.1) is 0 Å². The van der Waals surface area contributed by atoms with Crippen molar-refractivity contribution < 1.29 is 9.53 Å². The fraction of sp³-hybridized carbons (Fsp3) is 0.435. The zero-order valence-corrected chi connectivity index (χ0v) is 15.6. The zero-order valence-electron chi connectivity index (χ0n) is 15.6. The van der Waals surface area contributed by atoms with E-state index in [0.29, 0.717) is 12.6 Å². The lowest BCUT2D eigenvalue weighted by Gasteiger charge is -2.34. The molecule has 2 aliphatic heterocycles. The van der Waals surface area contributed by atoms with Gasteiger partial charge in [-0.1, -0.05) is 30.3 Å². The number of rotatable bonds is 3. The fourth-order valence-electron chi connectivity index (χ4n) is 4.77. The third-order valence-electron chi connectivity index (χ3n) is 6.28. The largest absolute Gasteiger partial charge is 0.368 e. The maximum atomic E-state index is 12.3. The molecule has 1 aliphatic carbocycles. The number of hydrogen-bond donors (Lipinski definition) is 1. The van der Waals surface area contributed by atoms with E-state index in [1.165, 1.54) is 22.3 Å². The van der Waals surface area contributed by atoms with Crippen LogP contribution in [-0.4, -0.2) is 36.1 Å². The van der Waals surface area contributed by atoms with Gasteiger partial charge in [-0.05, 0) is 66.5 Å². The second-order valence-corrected chi connectivity index (χ2v) is 8.03. The van der Waals surface area contributed by atoms with Gasteiger partial charge in [0.25, 0.3) is 5.91 Å². The number of nitrogens with one attached hydrogen (secondary N) is 1. The molecule has 5 rings (SSSR count). The molecule has 4 heteroatoms. The van der Waals surface area contributed by atoms with Crippen LogP contribution >= 0.6 is 0 Å². The number of hydrogen-bond acceptors (Lipinski definition) is 3. The van der Waals surface area contributed by atoms with Crippen LogP contribution in [0.1, 0.15) is 35.1 Å². The molecule has 3 aliphatic rings. The van der Waals surface area contributed by atoms with Gasteiger partial charge in [-0.3, -0.25) is 9.69 Å². The van der Waals surface area contributed by atoms with Crippen LogP contribution in [0.5, 0.6) is 0 Å². The highest BCUT2D eigenvalue weighted by molar-refractivity contribution is 5.94. The van der Waals surface area contributed by atoms with Gasteiger partial charge in [0.05, 0.1) is 0 Å². The van der Waals surface area contributed by atoms with E-state index in [1.807, 2.05) is 6.07 Å². The molecule has 2 aromatic rings. The smallest absolute Gasteiger partial charge is 0.253 e. The Morgan fingerprint density at radius 1 is 1.04 bits per heavy atom. The van der Waals surface area contributed by atoms with E-state index >= 15 is 0 Å². The number of carbonyl (C=O) groups is 1. The van der Waals surface area contributed by atoms with Crippen molar-refractivity contribution in [3.63, 3.8) is 0 Å². The first-order valence-electron chi connectivity index (χ1n) is 10.1. The molecule has 2 heterocycles. The summed E-state index contributed by atoms with van der Waals surface area (Å²) in [6.45, 7) is 2.78. The monoisotopic (exact) mass is 362 g/mol. The topological polar surface area (TPSA) is 41.6 Å². The summed E-state index contributed by atoms with van der Waals surface area (Å²) in [5.74, 6) is -0.00800. The van der Waals surface area contributed by atoms with Gasteiger partial charge in [0, 0.05) is 31.4 Å². The zero-order chi connectivity index (χ0) is 18.2. The molecule has 0 spiro atoms. The van der Waals surface area contributed by atoms with Crippen molar-refractivity contribution in [3.8, 4) is 0 Å². The third kappa shape index (κ3) is 3.40. The Balaban J connectivity index is 1.28. The molecule has 1 amide bonds. The van der Waals surface area contributed by atoms with Crippen molar-refractivity contribution in [3.05, 3.63) is 64.7 Å². The Kier molecular flexibility index (Phi) is 4.46. The lowest BCUT2D eigenvalue weighted by Crippen LogP contribution is -2.39. The number of anilines is 1. The van der Waals surface area contributed by atoms with E-state index < -0.39 is 0 Å². The Hall–Kier alpha value is -2.17. The van der Waals surface area contributed by atoms with Gasteiger partial charge in [0.15, 0.2) is 0 Å². The van der Waals surface area contributed by atoms with E-state index in [0.717, 1.165) is 50.9 Å². The molecule has 0 bridgehead atoms. The van der Waals surface area contributed by atoms with E-state index in [4.69, 9.17) is 4.74 Å². The number of ether oxygens (including phenoxy) is 1. The SMILES string of the molecule is O=C(Nc1ccc2c(c1)CN(C1Cc3ccccc3C1)CC2)C1CCCO1. The molecule has 2 aromatic carbocycles.